The van der Waals surface area contributed by atoms with Crippen LogP contribution in [0.1, 0.15) is 55.1 Å². The van der Waals surface area contributed by atoms with Gasteiger partial charge in [-0.2, -0.15) is 5.26 Å². The van der Waals surface area contributed by atoms with Crippen molar-refractivity contribution in [1.29, 1.82) is 5.26 Å². The van der Waals surface area contributed by atoms with Crippen LogP contribution in [0.2, 0.25) is 0 Å². The third-order valence-corrected chi connectivity index (χ3v) is 9.26. The van der Waals surface area contributed by atoms with Crippen molar-refractivity contribution in [3.63, 3.8) is 0 Å². The Morgan fingerprint density at radius 3 is 2.56 bits per heavy atom. The number of anilines is 1. The van der Waals surface area contributed by atoms with Crippen LogP contribution in [0.15, 0.2) is 24.3 Å². The van der Waals surface area contributed by atoms with Crippen molar-refractivity contribution in [2.24, 2.45) is 5.92 Å². The fourth-order valence-corrected chi connectivity index (χ4v) is 7.10. The van der Waals surface area contributed by atoms with E-state index in [1.807, 2.05) is 6.92 Å². The third kappa shape index (κ3) is 5.05. The molecule has 1 saturated carbocycles. The van der Waals surface area contributed by atoms with Crippen molar-refractivity contribution in [1.82, 2.24) is 4.98 Å². The number of nitriles is 1. The fourth-order valence-electron chi connectivity index (χ4n) is 4.90. The topological polar surface area (TPSA) is 91.1 Å². The molecule has 2 fully saturated rings. The second-order valence-corrected chi connectivity index (χ2v) is 12.3. The number of aromatic nitrogens is 1. The maximum atomic E-state index is 12.8. The van der Waals surface area contributed by atoms with Crippen molar-refractivity contribution in [3.8, 4) is 16.5 Å². The molecule has 2 aromatic rings. The van der Waals surface area contributed by atoms with Crippen LogP contribution >= 0.6 is 11.3 Å². The minimum atomic E-state index is -2.90. The van der Waals surface area contributed by atoms with Crippen LogP contribution in [0.5, 0.6) is 0 Å². The zero-order valence-electron chi connectivity index (χ0n) is 18.4. The Hall–Kier alpha value is -2.24. The predicted molar refractivity (Wildman–Crippen MR) is 128 cm³/mol. The van der Waals surface area contributed by atoms with E-state index < -0.39 is 9.84 Å². The van der Waals surface area contributed by atoms with Gasteiger partial charge in [0.1, 0.15) is 5.78 Å². The van der Waals surface area contributed by atoms with Crippen LogP contribution in [0.25, 0.3) is 10.4 Å². The lowest BCUT2D eigenvalue weighted by molar-refractivity contribution is -0.124. The largest absolute Gasteiger partial charge is 0.369 e. The van der Waals surface area contributed by atoms with Gasteiger partial charge in [0, 0.05) is 43.5 Å². The van der Waals surface area contributed by atoms with Crippen LogP contribution in [0, 0.1) is 24.2 Å². The number of ketones is 1. The molecule has 2 aliphatic rings. The van der Waals surface area contributed by atoms with Gasteiger partial charge in [-0.05, 0) is 37.5 Å². The molecule has 1 aromatic heterocycles. The molecule has 32 heavy (non-hydrogen) atoms. The van der Waals surface area contributed by atoms with E-state index in [-0.39, 0.29) is 35.5 Å². The van der Waals surface area contributed by atoms with Crippen molar-refractivity contribution < 1.29 is 13.2 Å². The summed E-state index contributed by atoms with van der Waals surface area (Å²) in [6.07, 6.45) is 4.60. The Labute approximate surface area is 194 Å². The highest BCUT2D eigenvalue weighted by atomic mass is 32.2. The molecule has 0 bridgehead atoms. The average Bonchev–Trinajstić information content (AvgIpc) is 3.19. The normalized spacial score (nSPS) is 22.9. The van der Waals surface area contributed by atoms with E-state index in [1.165, 1.54) is 0 Å². The second kappa shape index (κ2) is 9.72. The summed E-state index contributed by atoms with van der Waals surface area (Å²) < 4.78 is 23.4. The van der Waals surface area contributed by atoms with E-state index in [0.717, 1.165) is 52.5 Å². The van der Waals surface area contributed by atoms with Gasteiger partial charge in [0.2, 0.25) is 0 Å². The van der Waals surface area contributed by atoms with Crippen molar-refractivity contribution in [3.05, 3.63) is 35.0 Å². The summed E-state index contributed by atoms with van der Waals surface area (Å²) in [7, 11) is -2.90. The number of aryl methyl sites for hydroxylation is 1. The first-order valence-electron chi connectivity index (χ1n) is 11.3. The summed E-state index contributed by atoms with van der Waals surface area (Å²) in [6.45, 7) is 3.07. The van der Waals surface area contributed by atoms with Crippen molar-refractivity contribution in [2.45, 2.75) is 51.4 Å². The number of benzene rings is 1. The first kappa shape index (κ1) is 22.9. The number of hydrogen-bond acceptors (Lipinski definition) is 7. The molecule has 0 N–H and O–H groups in total. The molecule has 0 radical (unpaired) electrons. The molecule has 2 atom stereocenters. The van der Waals surface area contributed by atoms with Crippen molar-refractivity contribution >= 4 is 32.6 Å². The molecule has 1 aromatic carbocycles. The van der Waals surface area contributed by atoms with Gasteiger partial charge in [0.05, 0.1) is 33.2 Å². The number of carbonyl (C=O) groups is 1. The van der Waals surface area contributed by atoms with Gasteiger partial charge in [0.25, 0.3) is 0 Å². The Morgan fingerprint density at radius 1 is 1.19 bits per heavy atom. The van der Waals surface area contributed by atoms with Crippen LogP contribution in [0.4, 0.5) is 5.69 Å². The van der Waals surface area contributed by atoms with Gasteiger partial charge in [-0.25, -0.2) is 13.4 Å². The predicted octanol–water partition coefficient (Wildman–Crippen LogP) is 4.50. The Morgan fingerprint density at radius 2 is 1.88 bits per heavy atom. The van der Waals surface area contributed by atoms with E-state index >= 15 is 0 Å². The minimum absolute atomic E-state index is 0.0491. The maximum Gasteiger partial charge on any atom is 0.153 e. The average molecular weight is 472 g/mol. The third-order valence-electron chi connectivity index (χ3n) is 6.61. The van der Waals surface area contributed by atoms with Crippen molar-refractivity contribution in [2.75, 3.05) is 29.5 Å². The number of thiazole rings is 1. The Bertz CT molecular complexity index is 1100. The van der Waals surface area contributed by atoms with Gasteiger partial charge in [-0.15, -0.1) is 11.3 Å². The first-order valence-corrected chi connectivity index (χ1v) is 13.9. The van der Waals surface area contributed by atoms with Crippen LogP contribution < -0.4 is 4.90 Å². The van der Waals surface area contributed by atoms with Crippen LogP contribution in [0.3, 0.4) is 0 Å². The quantitative estimate of drug-likeness (QED) is 0.616. The Kier molecular flexibility index (Phi) is 6.96. The lowest BCUT2D eigenvalue weighted by Crippen LogP contribution is -2.40. The number of carbonyl (C=O) groups excluding carboxylic acids is 1. The zero-order chi connectivity index (χ0) is 22.7. The molecule has 1 saturated heterocycles. The number of Topliss-reactive ketones (excluding diaryl/α,β-unsaturated/α-hetero) is 1. The molecule has 0 spiro atoms. The summed E-state index contributed by atoms with van der Waals surface area (Å²) in [5.41, 5.74) is 3.15. The number of hydrogen-bond donors (Lipinski definition) is 0. The smallest absolute Gasteiger partial charge is 0.153 e. The van der Waals surface area contributed by atoms with E-state index in [2.05, 4.69) is 35.2 Å². The SMILES string of the molecule is Cc1nc([C@@H]2CCCC[C@H]2C(=O)CCC#N)c(-c2ccc(N3CCS(=O)(=O)CC3)cc2)s1. The highest BCUT2D eigenvalue weighted by molar-refractivity contribution is 7.91. The number of rotatable bonds is 6. The summed E-state index contributed by atoms with van der Waals surface area (Å²) in [5.74, 6) is 0.670. The molecule has 0 amide bonds. The highest BCUT2D eigenvalue weighted by Gasteiger charge is 2.35. The van der Waals surface area contributed by atoms with E-state index in [1.54, 1.807) is 11.3 Å². The van der Waals surface area contributed by atoms with E-state index in [9.17, 15) is 13.2 Å². The zero-order valence-corrected chi connectivity index (χ0v) is 20.1. The Balaban J connectivity index is 1.58. The number of sulfone groups is 1. The van der Waals surface area contributed by atoms with E-state index in [0.29, 0.717) is 19.5 Å². The van der Waals surface area contributed by atoms with Crippen LogP contribution in [-0.2, 0) is 14.6 Å². The molecule has 1 aliphatic carbocycles. The van der Waals surface area contributed by atoms with Gasteiger partial charge in [0.15, 0.2) is 9.84 Å². The molecule has 170 valence electrons. The standard InChI is InChI=1S/C24H29N3O3S2/c1-17-26-23(21-6-3-2-5-20(21)22(28)7-4-12-25)24(31-17)18-8-10-19(11-9-18)27-13-15-32(29,30)16-14-27/h8-11,20-21H,2-7,13-16H2,1H3/t20-,21-/m1/s1. The van der Waals surface area contributed by atoms with Gasteiger partial charge in [-0.3, -0.25) is 4.79 Å². The molecule has 0 unspecified atom stereocenters. The number of nitrogens with zero attached hydrogens (tertiary/aromatic N) is 3. The maximum absolute atomic E-state index is 12.8. The second-order valence-electron chi connectivity index (χ2n) is 8.75. The molecule has 4 rings (SSSR count). The minimum Gasteiger partial charge on any atom is -0.369 e. The highest BCUT2D eigenvalue weighted by Crippen LogP contribution is 2.44. The van der Waals surface area contributed by atoms with Gasteiger partial charge >= 0.3 is 0 Å². The van der Waals surface area contributed by atoms with Crippen LogP contribution in [-0.4, -0.2) is 43.8 Å². The molecule has 1 aliphatic heterocycles. The van der Waals surface area contributed by atoms with Gasteiger partial charge in [-0.1, -0.05) is 25.0 Å². The molecular formula is C24H29N3O3S2. The fraction of sp³-hybridized carbons (Fsp3) is 0.542. The molecular weight excluding hydrogens is 442 g/mol. The van der Waals surface area contributed by atoms with Gasteiger partial charge < -0.3 is 4.90 Å². The molecule has 6 nitrogen and oxygen atoms in total. The summed E-state index contributed by atoms with van der Waals surface area (Å²) in [6, 6.07) is 10.4. The lowest BCUT2D eigenvalue weighted by Gasteiger charge is -2.30. The monoisotopic (exact) mass is 471 g/mol. The summed E-state index contributed by atoms with van der Waals surface area (Å²) in [5, 5.41) is 9.88. The molecule has 8 heteroatoms. The molecule has 2 heterocycles. The van der Waals surface area contributed by atoms with E-state index in [4.69, 9.17) is 10.2 Å². The summed E-state index contributed by atoms with van der Waals surface area (Å²) in [4.78, 5) is 21.0. The first-order chi connectivity index (χ1) is 15.4. The summed E-state index contributed by atoms with van der Waals surface area (Å²) >= 11 is 1.67. The lowest BCUT2D eigenvalue weighted by atomic mass is 9.74.